The summed E-state index contributed by atoms with van der Waals surface area (Å²) in [6.07, 6.45) is -0.132. The highest BCUT2D eigenvalue weighted by Crippen LogP contribution is 2.23. The molecule has 0 aliphatic carbocycles. The van der Waals surface area contributed by atoms with Gasteiger partial charge in [-0.25, -0.2) is 9.78 Å². The summed E-state index contributed by atoms with van der Waals surface area (Å²) in [5.41, 5.74) is 3.23. The van der Waals surface area contributed by atoms with Gasteiger partial charge in [0.2, 0.25) is 5.91 Å². The molecule has 8 nitrogen and oxygen atoms in total. The van der Waals surface area contributed by atoms with E-state index in [9.17, 15) is 14.4 Å². The predicted octanol–water partition coefficient (Wildman–Crippen LogP) is 3.15. The zero-order chi connectivity index (χ0) is 22.1. The second-order valence-electron chi connectivity index (χ2n) is 8.05. The number of rotatable bonds is 6. The number of aryl methyl sites for hydroxylation is 1. The maximum Gasteiger partial charge on any atom is 0.325 e. The number of imide groups is 1. The first kappa shape index (κ1) is 20.6. The SMILES string of the molecule is CC(C)c1nc2cc(NC(=O)C[C@H]3NC(=O)N(Cc4ccccc4)C3=O)ccc2n1C. The molecule has 1 aliphatic rings. The lowest BCUT2D eigenvalue weighted by molar-refractivity contribution is -0.130. The maximum absolute atomic E-state index is 12.6. The average molecular weight is 419 g/mol. The fourth-order valence-corrected chi connectivity index (χ4v) is 3.84. The van der Waals surface area contributed by atoms with E-state index in [0.29, 0.717) is 5.69 Å². The molecular formula is C23H25N5O3. The van der Waals surface area contributed by atoms with Crippen molar-refractivity contribution >= 4 is 34.6 Å². The van der Waals surface area contributed by atoms with E-state index < -0.39 is 18.0 Å². The van der Waals surface area contributed by atoms with Crippen molar-refractivity contribution in [2.24, 2.45) is 7.05 Å². The number of carbonyl (C=O) groups is 3. The summed E-state index contributed by atoms with van der Waals surface area (Å²) in [7, 11) is 1.97. The molecule has 1 saturated heterocycles. The third-order valence-corrected chi connectivity index (χ3v) is 5.40. The van der Waals surface area contributed by atoms with Gasteiger partial charge in [0.25, 0.3) is 5.91 Å². The molecule has 2 aromatic carbocycles. The lowest BCUT2D eigenvalue weighted by Gasteiger charge is -2.13. The Hall–Kier alpha value is -3.68. The van der Waals surface area contributed by atoms with Crippen LogP contribution in [0, 0.1) is 0 Å². The third kappa shape index (κ3) is 4.14. The van der Waals surface area contributed by atoms with Gasteiger partial charge >= 0.3 is 6.03 Å². The Balaban J connectivity index is 1.41. The molecule has 1 aliphatic heterocycles. The van der Waals surface area contributed by atoms with E-state index >= 15 is 0 Å². The largest absolute Gasteiger partial charge is 0.331 e. The van der Waals surface area contributed by atoms with Crippen LogP contribution in [-0.4, -0.2) is 38.3 Å². The van der Waals surface area contributed by atoms with E-state index in [4.69, 9.17) is 0 Å². The van der Waals surface area contributed by atoms with Crippen molar-refractivity contribution in [1.82, 2.24) is 19.8 Å². The quantitative estimate of drug-likeness (QED) is 0.600. The van der Waals surface area contributed by atoms with Crippen LogP contribution in [0.1, 0.15) is 37.6 Å². The van der Waals surface area contributed by atoms with Gasteiger partial charge in [-0.1, -0.05) is 44.2 Å². The normalized spacial score (nSPS) is 16.3. The van der Waals surface area contributed by atoms with Crippen LogP contribution in [-0.2, 0) is 23.2 Å². The zero-order valence-corrected chi connectivity index (χ0v) is 17.8. The monoisotopic (exact) mass is 419 g/mol. The highest BCUT2D eigenvalue weighted by Gasteiger charge is 2.38. The van der Waals surface area contributed by atoms with Crippen molar-refractivity contribution < 1.29 is 14.4 Å². The van der Waals surface area contributed by atoms with Gasteiger partial charge in [-0.3, -0.25) is 14.5 Å². The van der Waals surface area contributed by atoms with Crippen LogP contribution in [0.2, 0.25) is 0 Å². The molecule has 4 amide bonds. The summed E-state index contributed by atoms with van der Waals surface area (Å²) in [5, 5.41) is 5.41. The molecule has 0 bridgehead atoms. The minimum absolute atomic E-state index is 0.132. The molecule has 31 heavy (non-hydrogen) atoms. The highest BCUT2D eigenvalue weighted by atomic mass is 16.2. The summed E-state index contributed by atoms with van der Waals surface area (Å²) < 4.78 is 2.04. The van der Waals surface area contributed by atoms with Crippen LogP contribution >= 0.6 is 0 Å². The Morgan fingerprint density at radius 2 is 1.90 bits per heavy atom. The first-order chi connectivity index (χ1) is 14.8. The molecule has 1 fully saturated rings. The molecule has 4 rings (SSSR count). The van der Waals surface area contributed by atoms with Crippen LogP contribution < -0.4 is 10.6 Å². The molecular weight excluding hydrogens is 394 g/mol. The highest BCUT2D eigenvalue weighted by molar-refractivity contribution is 6.07. The zero-order valence-electron chi connectivity index (χ0n) is 17.8. The standard InChI is InChI=1S/C23H25N5O3/c1-14(2)21-25-17-11-16(9-10-19(17)27(21)3)24-20(29)12-18-22(30)28(23(31)26-18)13-15-7-5-4-6-8-15/h4-11,14,18H,12-13H2,1-3H3,(H,24,29)(H,26,31)/t18-/m1/s1. The van der Waals surface area contributed by atoms with Crippen LogP contribution in [0.4, 0.5) is 10.5 Å². The molecule has 2 N–H and O–H groups in total. The van der Waals surface area contributed by atoms with E-state index in [2.05, 4.69) is 29.5 Å². The Kier molecular flexibility index (Phi) is 5.46. The summed E-state index contributed by atoms with van der Waals surface area (Å²) in [6, 6.07) is 13.4. The van der Waals surface area contributed by atoms with Crippen molar-refractivity contribution in [1.29, 1.82) is 0 Å². The number of imidazole rings is 1. The molecule has 160 valence electrons. The lowest BCUT2D eigenvalue weighted by atomic mass is 10.1. The number of carbonyl (C=O) groups excluding carboxylic acids is 3. The summed E-state index contributed by atoms with van der Waals surface area (Å²) in [5.74, 6) is 0.507. The fourth-order valence-electron chi connectivity index (χ4n) is 3.84. The maximum atomic E-state index is 12.6. The van der Waals surface area contributed by atoms with Crippen molar-refractivity contribution in [2.45, 2.75) is 38.8 Å². The summed E-state index contributed by atoms with van der Waals surface area (Å²) >= 11 is 0. The minimum Gasteiger partial charge on any atom is -0.331 e. The van der Waals surface area contributed by atoms with E-state index in [1.54, 1.807) is 0 Å². The molecule has 1 aromatic heterocycles. The van der Waals surface area contributed by atoms with Gasteiger partial charge in [0.1, 0.15) is 11.9 Å². The van der Waals surface area contributed by atoms with Crippen molar-refractivity contribution in [3.05, 3.63) is 59.9 Å². The number of amides is 4. The van der Waals surface area contributed by atoms with Crippen LogP contribution in [0.3, 0.4) is 0 Å². The van der Waals surface area contributed by atoms with Crippen molar-refractivity contribution in [3.8, 4) is 0 Å². The number of nitrogens with one attached hydrogen (secondary N) is 2. The first-order valence-electron chi connectivity index (χ1n) is 10.3. The van der Waals surface area contributed by atoms with Crippen molar-refractivity contribution in [3.63, 3.8) is 0 Å². The molecule has 0 spiro atoms. The number of aromatic nitrogens is 2. The fraction of sp³-hybridized carbons (Fsp3) is 0.304. The number of benzene rings is 2. The summed E-state index contributed by atoms with van der Waals surface area (Å²) in [6.45, 7) is 4.34. The van der Waals surface area contributed by atoms with Gasteiger partial charge in [-0.15, -0.1) is 0 Å². The first-order valence-corrected chi connectivity index (χ1v) is 10.3. The lowest BCUT2D eigenvalue weighted by Crippen LogP contribution is -2.34. The Bertz CT molecular complexity index is 1150. The molecule has 0 unspecified atom stereocenters. The second kappa shape index (κ2) is 8.22. The number of fused-ring (bicyclic) bond motifs is 1. The Morgan fingerprint density at radius 3 is 2.61 bits per heavy atom. The van der Waals surface area contributed by atoms with Gasteiger partial charge in [-0.05, 0) is 23.8 Å². The Morgan fingerprint density at radius 1 is 1.16 bits per heavy atom. The van der Waals surface area contributed by atoms with E-state index in [0.717, 1.165) is 27.3 Å². The number of urea groups is 1. The van der Waals surface area contributed by atoms with Gasteiger partial charge in [0.05, 0.1) is 24.0 Å². The van der Waals surface area contributed by atoms with E-state index in [1.165, 1.54) is 0 Å². The second-order valence-corrected chi connectivity index (χ2v) is 8.05. The minimum atomic E-state index is -0.873. The van der Waals surface area contributed by atoms with Gasteiger partial charge in [0.15, 0.2) is 0 Å². The van der Waals surface area contributed by atoms with Gasteiger partial charge in [-0.2, -0.15) is 0 Å². The predicted molar refractivity (Wildman–Crippen MR) is 117 cm³/mol. The van der Waals surface area contributed by atoms with Crippen LogP contribution in [0.15, 0.2) is 48.5 Å². The molecule has 8 heteroatoms. The van der Waals surface area contributed by atoms with Crippen molar-refractivity contribution in [2.75, 3.05) is 5.32 Å². The smallest absolute Gasteiger partial charge is 0.325 e. The van der Waals surface area contributed by atoms with Crippen LogP contribution in [0.5, 0.6) is 0 Å². The van der Waals surface area contributed by atoms with Gasteiger partial charge in [0, 0.05) is 18.7 Å². The third-order valence-electron chi connectivity index (χ3n) is 5.40. The topological polar surface area (TPSA) is 96.3 Å². The molecule has 3 aromatic rings. The number of hydrogen-bond acceptors (Lipinski definition) is 4. The van der Waals surface area contributed by atoms with Gasteiger partial charge < -0.3 is 15.2 Å². The molecule has 0 saturated carbocycles. The van der Waals surface area contributed by atoms with E-state index in [-0.39, 0.29) is 24.8 Å². The number of hydrogen-bond donors (Lipinski definition) is 2. The average Bonchev–Trinajstić information content (AvgIpc) is 3.20. The molecule has 0 radical (unpaired) electrons. The Labute approximate surface area is 180 Å². The van der Waals surface area contributed by atoms with E-state index in [1.807, 2.05) is 60.1 Å². The number of nitrogens with zero attached hydrogens (tertiary/aromatic N) is 3. The van der Waals surface area contributed by atoms with Crippen LogP contribution in [0.25, 0.3) is 11.0 Å². The molecule has 1 atom stereocenters. The number of anilines is 1. The molecule has 2 heterocycles. The summed E-state index contributed by atoms with van der Waals surface area (Å²) in [4.78, 5) is 43.2.